The predicted octanol–water partition coefficient (Wildman–Crippen LogP) is 1.21. The van der Waals surface area contributed by atoms with Gasteiger partial charge in [0.2, 0.25) is 0 Å². The Morgan fingerprint density at radius 2 is 2.00 bits per heavy atom. The molecule has 0 aliphatic carbocycles. The minimum Gasteiger partial charge on any atom is -0.312 e. The molecule has 102 valence electrons. The lowest BCUT2D eigenvalue weighted by Gasteiger charge is -2.05. The number of benzene rings is 1. The van der Waals surface area contributed by atoms with Crippen LogP contribution >= 0.6 is 0 Å². The molecule has 1 aromatic heterocycles. The van der Waals surface area contributed by atoms with E-state index in [4.69, 9.17) is 0 Å². The van der Waals surface area contributed by atoms with E-state index < -0.39 is 9.84 Å². The molecule has 0 aliphatic heterocycles. The number of sulfone groups is 1. The molecule has 19 heavy (non-hydrogen) atoms. The molecule has 0 saturated carbocycles. The van der Waals surface area contributed by atoms with Crippen LogP contribution < -0.4 is 5.32 Å². The first kappa shape index (κ1) is 13.8. The Kier molecular flexibility index (Phi) is 4.34. The van der Waals surface area contributed by atoms with Crippen molar-refractivity contribution < 1.29 is 8.42 Å². The molecule has 6 heteroatoms. The van der Waals surface area contributed by atoms with E-state index >= 15 is 0 Å². The molecule has 0 bridgehead atoms. The Labute approximate surface area is 113 Å². The average molecular weight is 279 g/mol. The molecule has 0 atom stereocenters. The van der Waals surface area contributed by atoms with Crippen LogP contribution in [0.2, 0.25) is 0 Å². The quantitative estimate of drug-likeness (QED) is 0.779. The molecule has 0 unspecified atom stereocenters. The lowest BCUT2D eigenvalue weighted by atomic mass is 10.1. The molecule has 2 N–H and O–H groups in total. The molecule has 0 radical (unpaired) electrons. The average Bonchev–Trinajstić information content (AvgIpc) is 2.83. The van der Waals surface area contributed by atoms with Gasteiger partial charge in [0.1, 0.15) is 9.84 Å². The van der Waals surface area contributed by atoms with E-state index in [1.807, 2.05) is 30.3 Å². The van der Waals surface area contributed by atoms with Crippen molar-refractivity contribution in [3.8, 4) is 11.3 Å². The van der Waals surface area contributed by atoms with Gasteiger partial charge in [-0.25, -0.2) is 8.42 Å². The van der Waals surface area contributed by atoms with Crippen molar-refractivity contribution in [2.24, 2.45) is 0 Å². The van der Waals surface area contributed by atoms with Crippen molar-refractivity contribution in [2.45, 2.75) is 6.54 Å². The highest BCUT2D eigenvalue weighted by Crippen LogP contribution is 2.20. The largest absolute Gasteiger partial charge is 0.312 e. The van der Waals surface area contributed by atoms with E-state index in [2.05, 4.69) is 15.5 Å². The predicted molar refractivity (Wildman–Crippen MR) is 75.4 cm³/mol. The maximum absolute atomic E-state index is 11.0. The first-order valence-electron chi connectivity index (χ1n) is 6.02. The molecular weight excluding hydrogens is 262 g/mol. The molecule has 0 amide bonds. The number of nitrogens with one attached hydrogen (secondary N) is 2. The minimum atomic E-state index is -2.91. The summed E-state index contributed by atoms with van der Waals surface area (Å²) in [6, 6.07) is 9.92. The van der Waals surface area contributed by atoms with Gasteiger partial charge in [-0.2, -0.15) is 5.10 Å². The van der Waals surface area contributed by atoms with E-state index in [0.29, 0.717) is 13.1 Å². The standard InChI is InChI=1S/C13H17N3O2S/c1-19(17,18)8-7-14-9-12-10-15-16-13(12)11-5-3-2-4-6-11/h2-6,10,14H,7-9H2,1H3,(H,15,16). The SMILES string of the molecule is CS(=O)(=O)CCNCc1cn[nH]c1-c1ccccc1. The molecule has 0 saturated heterocycles. The zero-order valence-electron chi connectivity index (χ0n) is 10.8. The van der Waals surface area contributed by atoms with Crippen LogP contribution in [0.15, 0.2) is 36.5 Å². The summed E-state index contributed by atoms with van der Waals surface area (Å²) in [7, 11) is -2.91. The third-order valence-electron chi connectivity index (χ3n) is 2.75. The molecule has 0 fully saturated rings. The zero-order valence-corrected chi connectivity index (χ0v) is 11.6. The van der Waals surface area contributed by atoms with Crippen molar-refractivity contribution in [2.75, 3.05) is 18.6 Å². The smallest absolute Gasteiger partial charge is 0.148 e. The van der Waals surface area contributed by atoms with Crippen LogP contribution in [0, 0.1) is 0 Å². The Bertz CT molecular complexity index is 620. The van der Waals surface area contributed by atoms with E-state index in [-0.39, 0.29) is 5.75 Å². The van der Waals surface area contributed by atoms with Crippen molar-refractivity contribution in [3.05, 3.63) is 42.1 Å². The summed E-state index contributed by atoms with van der Waals surface area (Å²) < 4.78 is 22.0. The monoisotopic (exact) mass is 279 g/mol. The number of hydrogen-bond donors (Lipinski definition) is 2. The van der Waals surface area contributed by atoms with Gasteiger partial charge >= 0.3 is 0 Å². The highest BCUT2D eigenvalue weighted by molar-refractivity contribution is 7.90. The normalized spacial score (nSPS) is 11.6. The van der Waals surface area contributed by atoms with Crippen LogP contribution in [-0.4, -0.2) is 37.2 Å². The number of aromatic nitrogens is 2. The molecule has 2 rings (SSSR count). The fourth-order valence-corrected chi connectivity index (χ4v) is 2.30. The fraction of sp³-hybridized carbons (Fsp3) is 0.308. The van der Waals surface area contributed by atoms with Gasteiger partial charge in [0, 0.05) is 24.9 Å². The van der Waals surface area contributed by atoms with E-state index in [0.717, 1.165) is 16.8 Å². The second-order valence-corrected chi connectivity index (χ2v) is 6.70. The van der Waals surface area contributed by atoms with Crippen LogP contribution in [0.4, 0.5) is 0 Å². The van der Waals surface area contributed by atoms with Gasteiger partial charge in [-0.3, -0.25) is 5.10 Å². The summed E-state index contributed by atoms with van der Waals surface area (Å²) in [6.07, 6.45) is 3.00. The number of hydrogen-bond acceptors (Lipinski definition) is 4. The van der Waals surface area contributed by atoms with Crippen molar-refractivity contribution in [3.63, 3.8) is 0 Å². The summed E-state index contributed by atoms with van der Waals surface area (Å²) in [4.78, 5) is 0. The topological polar surface area (TPSA) is 74.8 Å². The van der Waals surface area contributed by atoms with Crippen molar-refractivity contribution >= 4 is 9.84 Å². The lowest BCUT2D eigenvalue weighted by Crippen LogP contribution is -2.22. The Hall–Kier alpha value is -1.66. The van der Waals surface area contributed by atoms with Crippen molar-refractivity contribution in [1.82, 2.24) is 15.5 Å². The van der Waals surface area contributed by atoms with Crippen molar-refractivity contribution in [1.29, 1.82) is 0 Å². The zero-order chi connectivity index (χ0) is 13.7. The third kappa shape index (κ3) is 4.18. The molecule has 5 nitrogen and oxygen atoms in total. The van der Waals surface area contributed by atoms with Crippen LogP contribution in [0.3, 0.4) is 0 Å². The fourth-order valence-electron chi connectivity index (χ4n) is 1.78. The Morgan fingerprint density at radius 3 is 2.68 bits per heavy atom. The Balaban J connectivity index is 1.97. The second kappa shape index (κ2) is 5.99. The van der Waals surface area contributed by atoms with Gasteiger partial charge in [-0.05, 0) is 5.56 Å². The summed E-state index contributed by atoms with van der Waals surface area (Å²) in [6.45, 7) is 1.04. The van der Waals surface area contributed by atoms with Gasteiger partial charge in [0.15, 0.2) is 0 Å². The van der Waals surface area contributed by atoms with Crippen LogP contribution in [0.1, 0.15) is 5.56 Å². The van der Waals surface area contributed by atoms with Gasteiger partial charge in [-0.15, -0.1) is 0 Å². The number of nitrogens with zero attached hydrogens (tertiary/aromatic N) is 1. The molecule has 1 aromatic carbocycles. The van der Waals surface area contributed by atoms with Crippen LogP contribution in [0.25, 0.3) is 11.3 Å². The molecule has 1 heterocycles. The highest BCUT2D eigenvalue weighted by Gasteiger charge is 2.07. The summed E-state index contributed by atoms with van der Waals surface area (Å²) in [5, 5.41) is 10.1. The second-order valence-electron chi connectivity index (χ2n) is 4.44. The minimum absolute atomic E-state index is 0.144. The third-order valence-corrected chi connectivity index (χ3v) is 3.69. The van der Waals surface area contributed by atoms with E-state index in [1.54, 1.807) is 6.20 Å². The van der Waals surface area contributed by atoms with Gasteiger partial charge < -0.3 is 5.32 Å². The van der Waals surface area contributed by atoms with Gasteiger partial charge in [0.05, 0.1) is 17.6 Å². The maximum atomic E-state index is 11.0. The number of rotatable bonds is 6. The van der Waals surface area contributed by atoms with Crippen LogP contribution in [0.5, 0.6) is 0 Å². The summed E-state index contributed by atoms with van der Waals surface area (Å²) in [5.74, 6) is 0.144. The number of aromatic amines is 1. The Morgan fingerprint density at radius 1 is 1.26 bits per heavy atom. The van der Waals surface area contributed by atoms with E-state index in [1.165, 1.54) is 6.26 Å². The number of H-pyrrole nitrogens is 1. The first-order chi connectivity index (χ1) is 9.06. The maximum Gasteiger partial charge on any atom is 0.148 e. The van der Waals surface area contributed by atoms with E-state index in [9.17, 15) is 8.42 Å². The van der Waals surface area contributed by atoms with Gasteiger partial charge in [-0.1, -0.05) is 30.3 Å². The first-order valence-corrected chi connectivity index (χ1v) is 8.08. The molecule has 0 aliphatic rings. The van der Waals surface area contributed by atoms with Gasteiger partial charge in [0.25, 0.3) is 0 Å². The molecular formula is C13H17N3O2S. The highest BCUT2D eigenvalue weighted by atomic mass is 32.2. The summed E-state index contributed by atoms with van der Waals surface area (Å²) >= 11 is 0. The summed E-state index contributed by atoms with van der Waals surface area (Å²) in [5.41, 5.74) is 3.06. The lowest BCUT2D eigenvalue weighted by molar-refractivity contribution is 0.596. The molecule has 0 spiro atoms. The van der Waals surface area contributed by atoms with Crippen LogP contribution in [-0.2, 0) is 16.4 Å². The molecule has 2 aromatic rings.